The van der Waals surface area contributed by atoms with Crippen LogP contribution in [0.15, 0.2) is 6.07 Å². The lowest BCUT2D eigenvalue weighted by molar-refractivity contribution is -0.272. The van der Waals surface area contributed by atoms with Crippen LogP contribution >= 0.6 is 11.6 Å². The van der Waals surface area contributed by atoms with E-state index in [4.69, 9.17) is 11.6 Å². The zero-order valence-corrected chi connectivity index (χ0v) is 10.8. The van der Waals surface area contributed by atoms with Crippen LogP contribution in [0.3, 0.4) is 0 Å². The summed E-state index contributed by atoms with van der Waals surface area (Å²) >= 11 is 5.44. The number of hydrogen-bond donors (Lipinski definition) is 1. The maximum absolute atomic E-state index is 12.3. The van der Waals surface area contributed by atoms with Crippen molar-refractivity contribution in [3.05, 3.63) is 11.2 Å². The largest absolute Gasteiger partial charge is 0.481 e. The number of halogens is 7. The molecule has 21 heavy (non-hydrogen) atoms. The van der Waals surface area contributed by atoms with Gasteiger partial charge in [0.25, 0.3) is 0 Å². The quantitative estimate of drug-likeness (QED) is 0.680. The van der Waals surface area contributed by atoms with Crippen LogP contribution in [-0.4, -0.2) is 35.3 Å². The van der Waals surface area contributed by atoms with Crippen molar-refractivity contribution in [3.63, 3.8) is 0 Å². The van der Waals surface area contributed by atoms with E-state index in [2.05, 4.69) is 14.7 Å². The molecule has 1 amide bonds. The fourth-order valence-electron chi connectivity index (χ4n) is 1.22. The van der Waals surface area contributed by atoms with Gasteiger partial charge in [0.2, 0.25) is 23.7 Å². The molecule has 0 radical (unpaired) electrons. The summed E-state index contributed by atoms with van der Waals surface area (Å²) in [6.45, 7) is 0. The Morgan fingerprint density at radius 3 is 2.19 bits per heavy atom. The van der Waals surface area contributed by atoms with Gasteiger partial charge in [0, 0.05) is 6.07 Å². The summed E-state index contributed by atoms with van der Waals surface area (Å²) in [5.74, 6) is -7.68. The number of nitrogens with zero attached hydrogens (tertiary/aromatic N) is 2. The van der Waals surface area contributed by atoms with E-state index in [0.717, 1.165) is 13.2 Å². The number of anilines is 1. The average Bonchev–Trinajstić information content (AvgIpc) is 2.23. The molecule has 0 unspecified atom stereocenters. The minimum Gasteiger partial charge on any atom is -0.481 e. The molecule has 0 aromatic carbocycles. The normalized spacial score (nSPS) is 12.4. The van der Waals surface area contributed by atoms with Crippen LogP contribution in [0.2, 0.25) is 5.15 Å². The number of rotatable bonds is 3. The molecular weight excluding hydrogens is 332 g/mol. The summed E-state index contributed by atoms with van der Waals surface area (Å²) in [4.78, 5) is 17.8. The number of carbonyl (C=O) groups excluding carboxylic acids is 1. The second-order valence-corrected chi connectivity index (χ2v) is 3.95. The summed E-state index contributed by atoms with van der Waals surface area (Å²) in [7, 11) is 1.12. The molecular formula is C9H6ClF6N3O2. The molecule has 1 heterocycles. The first-order chi connectivity index (χ1) is 9.45. The SMILES string of the molecule is COc1cc(Cl)nc(NC(=O)C(C(F)(F)F)C(F)(F)F)n1. The fourth-order valence-corrected chi connectivity index (χ4v) is 1.40. The van der Waals surface area contributed by atoms with Crippen LogP contribution in [0.4, 0.5) is 32.3 Å². The summed E-state index contributed by atoms with van der Waals surface area (Å²) in [5.41, 5.74) is 0. The van der Waals surface area contributed by atoms with E-state index in [0.29, 0.717) is 0 Å². The third kappa shape index (κ3) is 4.62. The molecule has 1 aromatic heterocycles. The monoisotopic (exact) mass is 337 g/mol. The number of alkyl halides is 6. The minimum absolute atomic E-state index is 0.249. The standard InChI is InChI=1S/C9H6ClF6N3O2/c1-21-4-2-3(10)17-7(18-4)19-6(20)5(8(11,12)13)9(14,15)16/h2,5H,1H3,(H,17,18,19,20). The summed E-state index contributed by atoms with van der Waals surface area (Å²) in [6, 6.07) is 1.04. The van der Waals surface area contributed by atoms with Crippen molar-refractivity contribution in [2.75, 3.05) is 12.4 Å². The van der Waals surface area contributed by atoms with E-state index in [1.807, 2.05) is 0 Å². The lowest BCUT2D eigenvalue weighted by atomic mass is 10.1. The molecule has 1 aromatic rings. The van der Waals surface area contributed by atoms with Crippen LogP contribution in [0.1, 0.15) is 0 Å². The Hall–Kier alpha value is -1.78. The van der Waals surface area contributed by atoms with Crippen molar-refractivity contribution < 1.29 is 35.9 Å². The van der Waals surface area contributed by atoms with Gasteiger partial charge in [0.15, 0.2) is 0 Å². The Kier molecular flexibility index (Phi) is 4.87. The highest BCUT2D eigenvalue weighted by atomic mass is 35.5. The lowest BCUT2D eigenvalue weighted by Crippen LogP contribution is -2.45. The summed E-state index contributed by atoms with van der Waals surface area (Å²) < 4.78 is 78.5. The molecule has 0 spiro atoms. The molecule has 0 saturated heterocycles. The fraction of sp³-hybridized carbons (Fsp3) is 0.444. The van der Waals surface area contributed by atoms with Crippen LogP contribution in [0.25, 0.3) is 0 Å². The number of ether oxygens (including phenoxy) is 1. The van der Waals surface area contributed by atoms with Gasteiger partial charge in [-0.2, -0.15) is 31.3 Å². The Labute approximate surface area is 118 Å². The highest BCUT2D eigenvalue weighted by Gasteiger charge is 2.61. The highest BCUT2D eigenvalue weighted by molar-refractivity contribution is 6.29. The van der Waals surface area contributed by atoms with Gasteiger partial charge in [-0.1, -0.05) is 11.6 Å². The molecule has 5 nitrogen and oxygen atoms in total. The topological polar surface area (TPSA) is 64.1 Å². The molecule has 0 saturated carbocycles. The molecule has 1 rings (SSSR count). The van der Waals surface area contributed by atoms with Gasteiger partial charge in [0.05, 0.1) is 7.11 Å². The Morgan fingerprint density at radius 1 is 1.24 bits per heavy atom. The first-order valence-corrected chi connectivity index (χ1v) is 5.36. The van der Waals surface area contributed by atoms with Crippen LogP contribution in [0, 0.1) is 5.92 Å². The molecule has 0 fully saturated rings. The van der Waals surface area contributed by atoms with Gasteiger partial charge in [-0.15, -0.1) is 0 Å². The zero-order chi connectivity index (χ0) is 16.4. The second-order valence-electron chi connectivity index (χ2n) is 3.56. The van der Waals surface area contributed by atoms with Gasteiger partial charge in [-0.05, 0) is 0 Å². The Morgan fingerprint density at radius 2 is 1.76 bits per heavy atom. The zero-order valence-electron chi connectivity index (χ0n) is 10.0. The molecule has 0 aliphatic rings. The number of amides is 1. The molecule has 1 N–H and O–H groups in total. The number of nitrogens with one attached hydrogen (secondary N) is 1. The smallest absolute Gasteiger partial charge is 0.409 e. The van der Waals surface area contributed by atoms with E-state index in [-0.39, 0.29) is 11.0 Å². The molecule has 118 valence electrons. The van der Waals surface area contributed by atoms with Gasteiger partial charge < -0.3 is 4.74 Å². The first kappa shape index (κ1) is 17.3. The third-order valence-electron chi connectivity index (χ3n) is 2.03. The average molecular weight is 338 g/mol. The lowest BCUT2D eigenvalue weighted by Gasteiger charge is -2.21. The van der Waals surface area contributed by atoms with E-state index in [1.54, 1.807) is 0 Å². The number of methoxy groups -OCH3 is 1. The first-order valence-electron chi connectivity index (χ1n) is 4.98. The Bertz CT molecular complexity index is 519. The predicted octanol–water partition coefficient (Wildman–Crippen LogP) is 2.82. The van der Waals surface area contributed by atoms with E-state index >= 15 is 0 Å². The number of carbonyl (C=O) groups is 1. The van der Waals surface area contributed by atoms with Crippen LogP contribution < -0.4 is 10.1 Å². The molecule has 0 bridgehead atoms. The van der Waals surface area contributed by atoms with Crippen LogP contribution in [0.5, 0.6) is 5.88 Å². The molecule has 12 heteroatoms. The second kappa shape index (κ2) is 5.92. The van der Waals surface area contributed by atoms with E-state index < -0.39 is 30.1 Å². The number of aromatic nitrogens is 2. The third-order valence-corrected chi connectivity index (χ3v) is 2.23. The van der Waals surface area contributed by atoms with Gasteiger partial charge in [0.1, 0.15) is 5.15 Å². The van der Waals surface area contributed by atoms with Crippen molar-refractivity contribution in [3.8, 4) is 5.88 Å². The van der Waals surface area contributed by atoms with Crippen molar-refractivity contribution in [1.82, 2.24) is 9.97 Å². The van der Waals surface area contributed by atoms with Gasteiger partial charge in [-0.25, -0.2) is 4.98 Å². The number of hydrogen-bond acceptors (Lipinski definition) is 4. The summed E-state index contributed by atoms with van der Waals surface area (Å²) in [6.07, 6.45) is -11.6. The molecule has 0 atom stereocenters. The van der Waals surface area contributed by atoms with E-state index in [1.165, 1.54) is 5.32 Å². The van der Waals surface area contributed by atoms with Gasteiger partial charge >= 0.3 is 12.4 Å². The minimum atomic E-state index is -5.81. The Balaban J connectivity index is 3.05. The van der Waals surface area contributed by atoms with Crippen LogP contribution in [-0.2, 0) is 4.79 Å². The van der Waals surface area contributed by atoms with Gasteiger partial charge in [-0.3, -0.25) is 10.1 Å². The maximum atomic E-state index is 12.3. The van der Waals surface area contributed by atoms with Crippen molar-refractivity contribution >= 4 is 23.5 Å². The van der Waals surface area contributed by atoms with Crippen molar-refractivity contribution in [2.45, 2.75) is 12.4 Å². The highest BCUT2D eigenvalue weighted by Crippen LogP contribution is 2.39. The van der Waals surface area contributed by atoms with E-state index in [9.17, 15) is 31.1 Å². The maximum Gasteiger partial charge on any atom is 0.409 e. The van der Waals surface area contributed by atoms with Crippen molar-refractivity contribution in [2.24, 2.45) is 5.92 Å². The molecule has 0 aliphatic carbocycles. The van der Waals surface area contributed by atoms with Crippen molar-refractivity contribution in [1.29, 1.82) is 0 Å². The predicted molar refractivity (Wildman–Crippen MR) is 57.8 cm³/mol. The molecule has 0 aliphatic heterocycles. The summed E-state index contributed by atoms with van der Waals surface area (Å²) in [5, 5.41) is 0.965.